The van der Waals surface area contributed by atoms with Gasteiger partial charge in [-0.05, 0) is 44.9 Å². The van der Waals surface area contributed by atoms with Crippen molar-refractivity contribution in [3.05, 3.63) is 12.7 Å². The molecule has 0 bridgehead atoms. The lowest BCUT2D eigenvalue weighted by Crippen LogP contribution is -2.52. The molecule has 1 saturated carbocycles. The molecule has 0 amide bonds. The lowest BCUT2D eigenvalue weighted by molar-refractivity contribution is -0.0878. The monoisotopic (exact) mass is 211 g/mol. The van der Waals surface area contributed by atoms with Gasteiger partial charge in [0.2, 0.25) is 0 Å². The van der Waals surface area contributed by atoms with E-state index in [1.807, 2.05) is 6.08 Å². The van der Waals surface area contributed by atoms with Crippen molar-refractivity contribution in [2.24, 2.45) is 11.7 Å². The van der Waals surface area contributed by atoms with Crippen LogP contribution in [-0.4, -0.2) is 18.2 Å². The first kappa shape index (κ1) is 12.7. The van der Waals surface area contributed by atoms with E-state index in [0.717, 1.165) is 31.8 Å². The summed E-state index contributed by atoms with van der Waals surface area (Å²) in [5.74, 6) is 0.828. The van der Waals surface area contributed by atoms with Crippen molar-refractivity contribution in [1.29, 1.82) is 0 Å². The lowest BCUT2D eigenvalue weighted by atomic mass is 9.74. The summed E-state index contributed by atoms with van der Waals surface area (Å²) >= 11 is 0. The first-order valence-electron chi connectivity index (χ1n) is 6.15. The standard InChI is InChI=1S/C13H25NO/c1-4-6-12(14)13(15-5-2)9-7-11(3)8-10-13/h4,11-12H,1,5-10,14H2,2-3H3. The second kappa shape index (κ2) is 5.66. The van der Waals surface area contributed by atoms with E-state index >= 15 is 0 Å². The van der Waals surface area contributed by atoms with Gasteiger partial charge in [0.1, 0.15) is 0 Å². The van der Waals surface area contributed by atoms with Crippen LogP contribution in [0.3, 0.4) is 0 Å². The molecule has 0 aliphatic heterocycles. The zero-order valence-corrected chi connectivity index (χ0v) is 10.2. The highest BCUT2D eigenvalue weighted by atomic mass is 16.5. The van der Waals surface area contributed by atoms with Gasteiger partial charge in [-0.3, -0.25) is 0 Å². The average Bonchev–Trinajstić information content (AvgIpc) is 2.22. The van der Waals surface area contributed by atoms with E-state index in [-0.39, 0.29) is 11.6 Å². The molecule has 2 nitrogen and oxygen atoms in total. The lowest BCUT2D eigenvalue weighted by Gasteiger charge is -2.43. The van der Waals surface area contributed by atoms with Gasteiger partial charge in [0.05, 0.1) is 5.60 Å². The van der Waals surface area contributed by atoms with Gasteiger partial charge in [-0.15, -0.1) is 6.58 Å². The minimum Gasteiger partial charge on any atom is -0.374 e. The van der Waals surface area contributed by atoms with Gasteiger partial charge in [0, 0.05) is 12.6 Å². The molecule has 1 atom stereocenters. The average molecular weight is 211 g/mol. The Morgan fingerprint density at radius 2 is 2.13 bits per heavy atom. The maximum absolute atomic E-state index is 6.23. The summed E-state index contributed by atoms with van der Waals surface area (Å²) in [6.07, 6.45) is 7.46. The molecule has 0 spiro atoms. The Kier molecular flexibility index (Phi) is 4.81. The Morgan fingerprint density at radius 1 is 1.53 bits per heavy atom. The molecular weight excluding hydrogens is 186 g/mol. The maximum Gasteiger partial charge on any atom is 0.0835 e. The van der Waals surface area contributed by atoms with Crippen LogP contribution in [0, 0.1) is 5.92 Å². The molecule has 0 aromatic carbocycles. The van der Waals surface area contributed by atoms with E-state index in [2.05, 4.69) is 20.4 Å². The largest absolute Gasteiger partial charge is 0.374 e. The molecule has 0 saturated heterocycles. The van der Waals surface area contributed by atoms with Crippen LogP contribution >= 0.6 is 0 Å². The summed E-state index contributed by atoms with van der Waals surface area (Å²) < 4.78 is 5.96. The predicted octanol–water partition coefficient (Wildman–Crippen LogP) is 2.88. The highest BCUT2D eigenvalue weighted by molar-refractivity contribution is 4.97. The highest BCUT2D eigenvalue weighted by Gasteiger charge is 2.39. The minimum absolute atomic E-state index is 0.0740. The fourth-order valence-electron chi connectivity index (χ4n) is 2.55. The van der Waals surface area contributed by atoms with Gasteiger partial charge in [-0.2, -0.15) is 0 Å². The third kappa shape index (κ3) is 3.05. The molecule has 0 radical (unpaired) electrons. The number of hydrogen-bond donors (Lipinski definition) is 1. The molecule has 2 N–H and O–H groups in total. The minimum atomic E-state index is -0.0740. The van der Waals surface area contributed by atoms with Crippen molar-refractivity contribution in [1.82, 2.24) is 0 Å². The maximum atomic E-state index is 6.23. The number of hydrogen-bond acceptors (Lipinski definition) is 2. The number of ether oxygens (including phenoxy) is 1. The quantitative estimate of drug-likeness (QED) is 0.710. The Labute approximate surface area is 93.9 Å². The molecule has 2 heteroatoms. The Morgan fingerprint density at radius 3 is 2.60 bits per heavy atom. The zero-order chi connectivity index (χ0) is 11.3. The van der Waals surface area contributed by atoms with Crippen molar-refractivity contribution < 1.29 is 4.74 Å². The molecule has 1 fully saturated rings. The predicted molar refractivity (Wildman–Crippen MR) is 64.8 cm³/mol. The van der Waals surface area contributed by atoms with E-state index in [1.54, 1.807) is 0 Å². The second-order valence-corrected chi connectivity index (χ2v) is 4.81. The molecule has 1 unspecified atom stereocenters. The van der Waals surface area contributed by atoms with Crippen LogP contribution in [0.5, 0.6) is 0 Å². The van der Waals surface area contributed by atoms with Gasteiger partial charge in [0.25, 0.3) is 0 Å². The van der Waals surface area contributed by atoms with Crippen molar-refractivity contribution in [2.75, 3.05) is 6.61 Å². The SMILES string of the molecule is C=CCC(N)C1(OCC)CCC(C)CC1. The Hall–Kier alpha value is -0.340. The Balaban J connectivity index is 2.65. The number of nitrogens with two attached hydrogens (primary N) is 1. The normalized spacial score (nSPS) is 33.7. The summed E-state index contributed by atoms with van der Waals surface area (Å²) in [7, 11) is 0. The van der Waals surface area contributed by atoms with Crippen molar-refractivity contribution in [2.45, 2.75) is 57.6 Å². The van der Waals surface area contributed by atoms with Crippen molar-refractivity contribution in [3.8, 4) is 0 Å². The molecule has 1 rings (SSSR count). The van der Waals surface area contributed by atoms with Gasteiger partial charge in [-0.25, -0.2) is 0 Å². The van der Waals surface area contributed by atoms with Crippen LogP contribution in [0.1, 0.15) is 46.0 Å². The summed E-state index contributed by atoms with van der Waals surface area (Å²) in [6, 6.07) is 0.113. The topological polar surface area (TPSA) is 35.2 Å². The number of rotatable bonds is 5. The molecule has 0 aromatic heterocycles. The summed E-state index contributed by atoms with van der Waals surface area (Å²) in [4.78, 5) is 0. The van der Waals surface area contributed by atoms with E-state index in [1.165, 1.54) is 12.8 Å². The third-order valence-electron chi connectivity index (χ3n) is 3.65. The second-order valence-electron chi connectivity index (χ2n) is 4.81. The van der Waals surface area contributed by atoms with Crippen molar-refractivity contribution >= 4 is 0 Å². The molecule has 0 heterocycles. The van der Waals surface area contributed by atoms with Crippen LogP contribution in [0.15, 0.2) is 12.7 Å². The first-order valence-corrected chi connectivity index (χ1v) is 6.15. The zero-order valence-electron chi connectivity index (χ0n) is 10.2. The summed E-state index contributed by atoms with van der Waals surface area (Å²) in [5.41, 5.74) is 6.16. The van der Waals surface area contributed by atoms with E-state index in [4.69, 9.17) is 10.5 Å². The Bertz CT molecular complexity index is 195. The molecule has 88 valence electrons. The molecule has 1 aliphatic rings. The molecule has 1 aliphatic carbocycles. The van der Waals surface area contributed by atoms with Gasteiger partial charge < -0.3 is 10.5 Å². The van der Waals surface area contributed by atoms with Crippen LogP contribution in [0.2, 0.25) is 0 Å². The van der Waals surface area contributed by atoms with E-state index in [9.17, 15) is 0 Å². The van der Waals surface area contributed by atoms with Crippen LogP contribution in [0.25, 0.3) is 0 Å². The third-order valence-corrected chi connectivity index (χ3v) is 3.65. The highest BCUT2D eigenvalue weighted by Crippen LogP contribution is 2.37. The van der Waals surface area contributed by atoms with E-state index < -0.39 is 0 Å². The summed E-state index contributed by atoms with van der Waals surface area (Å²) in [6.45, 7) is 8.90. The fraction of sp³-hybridized carbons (Fsp3) is 0.846. The summed E-state index contributed by atoms with van der Waals surface area (Å²) in [5, 5.41) is 0. The smallest absolute Gasteiger partial charge is 0.0835 e. The van der Waals surface area contributed by atoms with Gasteiger partial charge in [0.15, 0.2) is 0 Å². The molecular formula is C13H25NO. The van der Waals surface area contributed by atoms with E-state index in [0.29, 0.717) is 0 Å². The van der Waals surface area contributed by atoms with Gasteiger partial charge in [-0.1, -0.05) is 13.0 Å². The molecule has 0 aromatic rings. The van der Waals surface area contributed by atoms with Crippen LogP contribution in [0.4, 0.5) is 0 Å². The van der Waals surface area contributed by atoms with Crippen LogP contribution < -0.4 is 5.73 Å². The van der Waals surface area contributed by atoms with Crippen molar-refractivity contribution in [3.63, 3.8) is 0 Å². The van der Waals surface area contributed by atoms with Crippen LogP contribution in [-0.2, 0) is 4.74 Å². The van der Waals surface area contributed by atoms with Gasteiger partial charge >= 0.3 is 0 Å². The fourth-order valence-corrected chi connectivity index (χ4v) is 2.55. The molecule has 15 heavy (non-hydrogen) atoms. The first-order chi connectivity index (χ1) is 7.14.